The Hall–Kier alpha value is -2.36. The Bertz CT molecular complexity index is 891. The van der Waals surface area contributed by atoms with E-state index in [4.69, 9.17) is 4.74 Å². The molecule has 0 atom stereocenters. The van der Waals surface area contributed by atoms with E-state index in [1.54, 1.807) is 6.20 Å². The lowest BCUT2D eigenvalue weighted by Gasteiger charge is -2.22. The Morgan fingerprint density at radius 2 is 2.08 bits per heavy atom. The van der Waals surface area contributed by atoms with Crippen molar-refractivity contribution >= 4 is 27.8 Å². The van der Waals surface area contributed by atoms with E-state index >= 15 is 0 Å². The van der Waals surface area contributed by atoms with Gasteiger partial charge in [0.1, 0.15) is 5.69 Å². The van der Waals surface area contributed by atoms with Gasteiger partial charge in [-0.25, -0.2) is 9.78 Å². The largest absolute Gasteiger partial charge is 0.461 e. The number of nitrogens with zero attached hydrogens (tertiary/aromatic N) is 1. The van der Waals surface area contributed by atoms with Crippen molar-refractivity contribution in [2.45, 2.75) is 44.9 Å². The number of H-pyrrole nitrogens is 1. The Morgan fingerprint density at radius 1 is 1.25 bits per heavy atom. The number of ether oxygens (including phenoxy) is 1. The number of carbonyl (C=O) groups excluding carboxylic acids is 1. The Kier molecular flexibility index (Phi) is 3.97. The number of pyridine rings is 1. The summed E-state index contributed by atoms with van der Waals surface area (Å²) in [5, 5.41) is 2.32. The summed E-state index contributed by atoms with van der Waals surface area (Å²) >= 11 is 0. The van der Waals surface area contributed by atoms with Crippen molar-refractivity contribution in [3.63, 3.8) is 0 Å². The molecular weight excluding hydrogens is 300 g/mol. The van der Waals surface area contributed by atoms with Gasteiger partial charge in [0.05, 0.1) is 18.3 Å². The lowest BCUT2D eigenvalue weighted by Crippen LogP contribution is -2.07. The van der Waals surface area contributed by atoms with Gasteiger partial charge in [-0.05, 0) is 43.4 Å². The monoisotopic (exact) mass is 322 g/mol. The highest BCUT2D eigenvalue weighted by Crippen LogP contribution is 2.39. The van der Waals surface area contributed by atoms with Crippen LogP contribution < -0.4 is 0 Å². The Balaban J connectivity index is 1.89. The van der Waals surface area contributed by atoms with Gasteiger partial charge in [-0.2, -0.15) is 0 Å². The van der Waals surface area contributed by atoms with Crippen LogP contribution in [0.2, 0.25) is 0 Å². The highest BCUT2D eigenvalue weighted by atomic mass is 16.5. The normalized spacial score (nSPS) is 15.9. The van der Waals surface area contributed by atoms with Gasteiger partial charge in [0.2, 0.25) is 0 Å². The fourth-order valence-electron chi connectivity index (χ4n) is 3.95. The zero-order valence-corrected chi connectivity index (χ0v) is 14.0. The molecule has 24 heavy (non-hydrogen) atoms. The van der Waals surface area contributed by atoms with Gasteiger partial charge >= 0.3 is 5.97 Å². The van der Waals surface area contributed by atoms with Crippen LogP contribution in [0.15, 0.2) is 30.5 Å². The number of hydrogen-bond donors (Lipinski definition) is 1. The molecule has 0 amide bonds. The number of hydrogen-bond acceptors (Lipinski definition) is 3. The summed E-state index contributed by atoms with van der Waals surface area (Å²) in [7, 11) is 0. The fourth-order valence-corrected chi connectivity index (χ4v) is 3.95. The number of carbonyl (C=O) groups is 1. The van der Waals surface area contributed by atoms with Crippen LogP contribution in [0, 0.1) is 0 Å². The molecule has 4 rings (SSSR count). The molecule has 0 aliphatic heterocycles. The summed E-state index contributed by atoms with van der Waals surface area (Å²) in [5.74, 6) is 0.254. The highest BCUT2D eigenvalue weighted by molar-refractivity contribution is 6.10. The number of nitrogens with one attached hydrogen (secondary N) is 1. The van der Waals surface area contributed by atoms with Gasteiger partial charge in [0.25, 0.3) is 0 Å². The summed E-state index contributed by atoms with van der Waals surface area (Å²) in [6.07, 6.45) is 8.20. The van der Waals surface area contributed by atoms with Crippen molar-refractivity contribution in [2.75, 3.05) is 6.61 Å². The molecule has 0 unspecified atom stereocenters. The summed E-state index contributed by atoms with van der Waals surface area (Å²) in [6, 6.07) is 8.35. The third kappa shape index (κ3) is 2.56. The first kappa shape index (κ1) is 15.2. The van der Waals surface area contributed by atoms with Crippen molar-refractivity contribution in [1.29, 1.82) is 0 Å². The topological polar surface area (TPSA) is 55.0 Å². The second kappa shape index (κ2) is 6.27. The van der Waals surface area contributed by atoms with Gasteiger partial charge in [-0.3, -0.25) is 0 Å². The third-order valence-electron chi connectivity index (χ3n) is 5.07. The number of aromatic nitrogens is 2. The van der Waals surface area contributed by atoms with Crippen molar-refractivity contribution in [1.82, 2.24) is 9.97 Å². The smallest absolute Gasteiger partial charge is 0.356 e. The van der Waals surface area contributed by atoms with Gasteiger partial charge in [-0.1, -0.05) is 31.4 Å². The van der Waals surface area contributed by atoms with Crippen LogP contribution in [0.4, 0.5) is 0 Å². The first-order chi connectivity index (χ1) is 11.8. The molecule has 1 N–H and O–H groups in total. The predicted molar refractivity (Wildman–Crippen MR) is 95.4 cm³/mol. The Morgan fingerprint density at radius 3 is 2.88 bits per heavy atom. The summed E-state index contributed by atoms with van der Waals surface area (Å²) in [5.41, 5.74) is 3.88. The quantitative estimate of drug-likeness (QED) is 0.695. The van der Waals surface area contributed by atoms with E-state index in [9.17, 15) is 4.79 Å². The van der Waals surface area contributed by atoms with E-state index < -0.39 is 0 Å². The van der Waals surface area contributed by atoms with Crippen LogP contribution in [0.1, 0.15) is 61.0 Å². The first-order valence-corrected chi connectivity index (χ1v) is 8.85. The van der Waals surface area contributed by atoms with E-state index in [0.29, 0.717) is 18.2 Å². The SMILES string of the molecule is CCOC(=O)c1cc2c(cn1)[nH]c1cccc(C3CCCCC3)c12. The van der Waals surface area contributed by atoms with Crippen molar-refractivity contribution in [2.24, 2.45) is 0 Å². The molecule has 4 heteroatoms. The predicted octanol–water partition coefficient (Wildman–Crippen LogP) is 4.94. The molecule has 1 saturated carbocycles. The van der Waals surface area contributed by atoms with Crippen molar-refractivity contribution < 1.29 is 9.53 Å². The molecule has 1 aliphatic rings. The molecule has 0 saturated heterocycles. The van der Waals surface area contributed by atoms with Crippen molar-refractivity contribution in [3.05, 3.63) is 41.7 Å². The average Bonchev–Trinajstić information content (AvgIpc) is 3.00. The minimum atomic E-state index is -0.358. The molecule has 0 bridgehead atoms. The minimum absolute atomic E-state index is 0.358. The van der Waals surface area contributed by atoms with Crippen LogP contribution >= 0.6 is 0 Å². The van der Waals surface area contributed by atoms with E-state index in [0.717, 1.165) is 16.4 Å². The highest BCUT2D eigenvalue weighted by Gasteiger charge is 2.20. The zero-order chi connectivity index (χ0) is 16.5. The standard InChI is InChI=1S/C20H22N2O2/c1-2-24-20(23)17-11-15-18(12-21-17)22-16-10-6-9-14(19(15)16)13-7-4-3-5-8-13/h6,9-13,22H,2-5,7-8H2,1H3. The maximum Gasteiger partial charge on any atom is 0.356 e. The number of fused-ring (bicyclic) bond motifs is 3. The molecule has 0 radical (unpaired) electrons. The molecule has 1 aromatic carbocycles. The summed E-state index contributed by atoms with van der Waals surface area (Å²) in [4.78, 5) is 19.7. The van der Waals surface area contributed by atoms with Crippen LogP contribution in [-0.4, -0.2) is 22.5 Å². The maximum atomic E-state index is 12.0. The maximum absolute atomic E-state index is 12.0. The second-order valence-electron chi connectivity index (χ2n) is 6.57. The van der Waals surface area contributed by atoms with Gasteiger partial charge in [0.15, 0.2) is 0 Å². The first-order valence-electron chi connectivity index (χ1n) is 8.85. The molecule has 2 aromatic heterocycles. The number of rotatable bonds is 3. The number of benzene rings is 1. The lowest BCUT2D eigenvalue weighted by atomic mass is 9.82. The van der Waals surface area contributed by atoms with Crippen molar-refractivity contribution in [3.8, 4) is 0 Å². The molecule has 2 heterocycles. The molecule has 1 fully saturated rings. The van der Waals surface area contributed by atoms with E-state index in [1.807, 2.05) is 13.0 Å². The average molecular weight is 322 g/mol. The molecule has 3 aromatic rings. The lowest BCUT2D eigenvalue weighted by molar-refractivity contribution is 0.0520. The summed E-state index contributed by atoms with van der Waals surface area (Å²) < 4.78 is 5.10. The number of esters is 1. The van der Waals surface area contributed by atoms with Crippen LogP contribution in [0.25, 0.3) is 21.8 Å². The second-order valence-corrected chi connectivity index (χ2v) is 6.57. The minimum Gasteiger partial charge on any atom is -0.461 e. The molecule has 4 nitrogen and oxygen atoms in total. The van der Waals surface area contributed by atoms with E-state index in [2.05, 4.69) is 28.2 Å². The fraction of sp³-hybridized carbons (Fsp3) is 0.400. The van der Waals surface area contributed by atoms with E-state index in [-0.39, 0.29) is 5.97 Å². The third-order valence-corrected chi connectivity index (χ3v) is 5.07. The van der Waals surface area contributed by atoms with Crippen LogP contribution in [0.3, 0.4) is 0 Å². The molecule has 1 aliphatic carbocycles. The number of aromatic amines is 1. The molecule has 0 spiro atoms. The van der Waals surface area contributed by atoms with Crippen LogP contribution in [0.5, 0.6) is 0 Å². The molecular formula is C20H22N2O2. The molecule has 124 valence electrons. The van der Waals surface area contributed by atoms with E-state index in [1.165, 1.54) is 43.1 Å². The Labute approximate surface area is 141 Å². The van der Waals surface area contributed by atoms with Crippen LogP contribution in [-0.2, 0) is 4.74 Å². The summed E-state index contributed by atoms with van der Waals surface area (Å²) in [6.45, 7) is 2.17. The van der Waals surface area contributed by atoms with Gasteiger partial charge in [-0.15, -0.1) is 0 Å². The van der Waals surface area contributed by atoms with Gasteiger partial charge in [0, 0.05) is 16.3 Å². The zero-order valence-electron chi connectivity index (χ0n) is 14.0. The van der Waals surface area contributed by atoms with Gasteiger partial charge < -0.3 is 9.72 Å².